The molecule has 0 bridgehead atoms. The highest BCUT2D eigenvalue weighted by atomic mass is 32.2. The van der Waals surface area contributed by atoms with Gasteiger partial charge in [0.15, 0.2) is 5.17 Å². The number of thioether (sulfide) groups is 1. The van der Waals surface area contributed by atoms with Crippen LogP contribution in [0.25, 0.3) is 0 Å². The molecule has 1 aromatic carbocycles. The smallest absolute Gasteiger partial charge is 0.239 e. The molecule has 1 aliphatic heterocycles. The number of hydrogen-bond donors (Lipinski definition) is 1. The number of carbonyl (C=O) groups is 1. The number of aliphatic imine (C=N–C) groups is 1. The highest BCUT2D eigenvalue weighted by molar-refractivity contribution is 8.15. The quantitative estimate of drug-likeness (QED) is 0.900. The summed E-state index contributed by atoms with van der Waals surface area (Å²) in [6.45, 7) is 2.84. The maximum atomic E-state index is 11.5. The number of amides is 1. The molecule has 4 nitrogen and oxygen atoms in total. The molecule has 0 aromatic heterocycles. The maximum Gasteiger partial charge on any atom is 0.239 e. The minimum absolute atomic E-state index is 0.0930. The maximum absolute atomic E-state index is 11.5. The summed E-state index contributed by atoms with van der Waals surface area (Å²) < 4.78 is 0. The fourth-order valence-electron chi connectivity index (χ4n) is 1.78. The van der Waals surface area contributed by atoms with Crippen LogP contribution in [0.1, 0.15) is 18.6 Å². The standard InChI is InChI=1S/C13H16N2O2S/c1-2-15-12(17)9-18-13(15)14-8-11(16)10-6-4-3-5-7-10/h3-7,11,16H,2,8-9H2,1H3/t11-/m1/s1. The second-order valence-corrected chi connectivity index (χ2v) is 4.92. The van der Waals surface area contributed by atoms with Crippen molar-refractivity contribution in [3.05, 3.63) is 35.9 Å². The van der Waals surface area contributed by atoms with Crippen molar-refractivity contribution >= 4 is 22.8 Å². The Kier molecular flexibility index (Phi) is 4.38. The van der Waals surface area contributed by atoms with Gasteiger partial charge in [0.1, 0.15) is 0 Å². The molecule has 18 heavy (non-hydrogen) atoms. The average Bonchev–Trinajstić information content (AvgIpc) is 2.77. The fourth-order valence-corrected chi connectivity index (χ4v) is 2.74. The van der Waals surface area contributed by atoms with Crippen molar-refractivity contribution in [3.63, 3.8) is 0 Å². The molecule has 1 heterocycles. The van der Waals surface area contributed by atoms with Crippen molar-refractivity contribution in [2.24, 2.45) is 4.99 Å². The van der Waals surface area contributed by atoms with Crippen LogP contribution in [-0.2, 0) is 4.79 Å². The predicted molar refractivity (Wildman–Crippen MR) is 73.5 cm³/mol. The number of aliphatic hydroxyl groups is 1. The molecule has 0 unspecified atom stereocenters. The van der Waals surface area contributed by atoms with Crippen LogP contribution < -0.4 is 0 Å². The molecular weight excluding hydrogens is 248 g/mol. The van der Waals surface area contributed by atoms with Crippen LogP contribution in [0.2, 0.25) is 0 Å². The second-order valence-electron chi connectivity index (χ2n) is 3.98. The van der Waals surface area contributed by atoms with E-state index in [1.165, 1.54) is 11.8 Å². The number of nitrogens with zero attached hydrogens (tertiary/aromatic N) is 2. The number of aliphatic hydroxyl groups excluding tert-OH is 1. The molecule has 0 spiro atoms. The summed E-state index contributed by atoms with van der Waals surface area (Å²) in [7, 11) is 0. The minimum Gasteiger partial charge on any atom is -0.386 e. The lowest BCUT2D eigenvalue weighted by molar-refractivity contribution is -0.123. The van der Waals surface area contributed by atoms with Crippen LogP contribution in [0.4, 0.5) is 0 Å². The molecule has 2 rings (SSSR count). The van der Waals surface area contributed by atoms with Gasteiger partial charge in [0.05, 0.1) is 18.4 Å². The Morgan fingerprint density at radius 1 is 1.44 bits per heavy atom. The highest BCUT2D eigenvalue weighted by Crippen LogP contribution is 2.20. The minimum atomic E-state index is -0.617. The third kappa shape index (κ3) is 2.91. The zero-order valence-electron chi connectivity index (χ0n) is 10.2. The van der Waals surface area contributed by atoms with E-state index in [0.29, 0.717) is 12.3 Å². The molecule has 1 atom stereocenters. The summed E-state index contributed by atoms with van der Waals surface area (Å²) in [5.41, 5.74) is 0.847. The van der Waals surface area contributed by atoms with E-state index < -0.39 is 6.10 Å². The summed E-state index contributed by atoms with van der Waals surface area (Å²) in [5, 5.41) is 10.7. The van der Waals surface area contributed by atoms with Gasteiger partial charge in [0.2, 0.25) is 5.91 Å². The second kappa shape index (κ2) is 6.02. The Morgan fingerprint density at radius 2 is 2.17 bits per heavy atom. The number of carbonyl (C=O) groups excluding carboxylic acids is 1. The van der Waals surface area contributed by atoms with E-state index in [9.17, 15) is 9.90 Å². The molecule has 1 saturated heterocycles. The monoisotopic (exact) mass is 264 g/mol. The SMILES string of the molecule is CCN1C(=O)CSC1=NC[C@@H](O)c1ccccc1. The number of amidine groups is 1. The Morgan fingerprint density at radius 3 is 2.83 bits per heavy atom. The molecule has 5 heteroatoms. The molecule has 1 N–H and O–H groups in total. The first-order valence-electron chi connectivity index (χ1n) is 5.93. The molecule has 1 aromatic rings. The van der Waals surface area contributed by atoms with Crippen LogP contribution in [0.3, 0.4) is 0 Å². The Balaban J connectivity index is 2.01. The summed E-state index contributed by atoms with van der Waals surface area (Å²) in [5.74, 6) is 0.545. The Labute approximate surface area is 111 Å². The van der Waals surface area contributed by atoms with Gasteiger partial charge in [0, 0.05) is 6.54 Å². The zero-order chi connectivity index (χ0) is 13.0. The summed E-state index contributed by atoms with van der Waals surface area (Å²) in [6, 6.07) is 9.42. The molecule has 0 saturated carbocycles. The van der Waals surface area contributed by atoms with Crippen LogP contribution >= 0.6 is 11.8 Å². The van der Waals surface area contributed by atoms with Crippen molar-refractivity contribution in [2.45, 2.75) is 13.0 Å². The van der Waals surface area contributed by atoms with E-state index in [4.69, 9.17) is 0 Å². The fraction of sp³-hybridized carbons (Fsp3) is 0.385. The average molecular weight is 264 g/mol. The topological polar surface area (TPSA) is 52.9 Å². The van der Waals surface area contributed by atoms with E-state index >= 15 is 0 Å². The lowest BCUT2D eigenvalue weighted by Crippen LogP contribution is -2.29. The third-order valence-corrected chi connectivity index (χ3v) is 3.76. The van der Waals surface area contributed by atoms with E-state index in [2.05, 4.69) is 4.99 Å². The first-order chi connectivity index (χ1) is 8.72. The molecule has 96 valence electrons. The van der Waals surface area contributed by atoms with E-state index in [1.807, 2.05) is 37.3 Å². The lowest BCUT2D eigenvalue weighted by atomic mass is 10.1. The van der Waals surface area contributed by atoms with Gasteiger partial charge < -0.3 is 5.11 Å². The van der Waals surface area contributed by atoms with Crippen molar-refractivity contribution < 1.29 is 9.90 Å². The predicted octanol–water partition coefficient (Wildman–Crippen LogP) is 1.67. The van der Waals surface area contributed by atoms with Crippen LogP contribution in [-0.4, -0.2) is 39.9 Å². The molecule has 1 fully saturated rings. The number of rotatable bonds is 4. The van der Waals surface area contributed by atoms with Gasteiger partial charge in [-0.15, -0.1) is 0 Å². The molecular formula is C13H16N2O2S. The molecule has 0 radical (unpaired) electrons. The van der Waals surface area contributed by atoms with Gasteiger partial charge >= 0.3 is 0 Å². The van der Waals surface area contributed by atoms with Gasteiger partial charge in [-0.25, -0.2) is 0 Å². The largest absolute Gasteiger partial charge is 0.386 e. The normalized spacial score (nSPS) is 19.6. The van der Waals surface area contributed by atoms with Crippen LogP contribution in [0, 0.1) is 0 Å². The van der Waals surface area contributed by atoms with Crippen molar-refractivity contribution in [2.75, 3.05) is 18.8 Å². The molecule has 0 aliphatic carbocycles. The number of hydrogen-bond acceptors (Lipinski definition) is 4. The van der Waals surface area contributed by atoms with Crippen molar-refractivity contribution in [1.82, 2.24) is 4.90 Å². The van der Waals surface area contributed by atoms with Gasteiger partial charge in [-0.05, 0) is 12.5 Å². The zero-order valence-corrected chi connectivity index (χ0v) is 11.1. The Bertz CT molecular complexity index is 448. The van der Waals surface area contributed by atoms with Gasteiger partial charge in [0.25, 0.3) is 0 Å². The Hall–Kier alpha value is -1.33. The summed E-state index contributed by atoms with van der Waals surface area (Å²) in [4.78, 5) is 17.5. The van der Waals surface area contributed by atoms with Crippen molar-refractivity contribution in [3.8, 4) is 0 Å². The van der Waals surface area contributed by atoms with E-state index in [1.54, 1.807) is 4.90 Å². The molecule has 1 aliphatic rings. The van der Waals surface area contributed by atoms with Gasteiger partial charge in [-0.1, -0.05) is 42.1 Å². The van der Waals surface area contributed by atoms with Crippen LogP contribution in [0.15, 0.2) is 35.3 Å². The van der Waals surface area contributed by atoms with Gasteiger partial charge in [-0.3, -0.25) is 14.7 Å². The lowest BCUT2D eigenvalue weighted by Gasteiger charge is -2.14. The van der Waals surface area contributed by atoms with Crippen molar-refractivity contribution in [1.29, 1.82) is 0 Å². The van der Waals surface area contributed by atoms with E-state index in [-0.39, 0.29) is 12.5 Å². The first kappa shape index (κ1) is 13.1. The third-order valence-electron chi connectivity index (χ3n) is 2.76. The summed E-state index contributed by atoms with van der Waals surface area (Å²) >= 11 is 1.44. The summed E-state index contributed by atoms with van der Waals surface area (Å²) in [6.07, 6.45) is -0.617. The van der Waals surface area contributed by atoms with Crippen LogP contribution in [0.5, 0.6) is 0 Å². The van der Waals surface area contributed by atoms with Gasteiger partial charge in [-0.2, -0.15) is 0 Å². The number of benzene rings is 1. The first-order valence-corrected chi connectivity index (χ1v) is 6.91. The molecule has 1 amide bonds. The highest BCUT2D eigenvalue weighted by Gasteiger charge is 2.26. The van der Waals surface area contributed by atoms with E-state index in [0.717, 1.165) is 10.7 Å².